The van der Waals surface area contributed by atoms with Crippen molar-refractivity contribution in [1.29, 1.82) is 0 Å². The summed E-state index contributed by atoms with van der Waals surface area (Å²) >= 11 is 1.92. The summed E-state index contributed by atoms with van der Waals surface area (Å²) in [4.78, 5) is 14.1. The van der Waals surface area contributed by atoms with E-state index in [-0.39, 0.29) is 6.03 Å². The predicted molar refractivity (Wildman–Crippen MR) is 82.2 cm³/mol. The quantitative estimate of drug-likeness (QED) is 0.932. The number of hydrogen-bond donors (Lipinski definition) is 1. The Bertz CT molecular complexity index is 463. The SMILES string of the molecule is C[C@@H](C1CC1)n1cc(NC(=O)N2CCCSCC2)cn1. The third-order valence-electron chi connectivity index (χ3n) is 4.08. The van der Waals surface area contributed by atoms with Crippen LogP contribution < -0.4 is 5.32 Å². The molecule has 20 heavy (non-hydrogen) atoms. The molecule has 6 heteroatoms. The van der Waals surface area contributed by atoms with Gasteiger partial charge in [-0.1, -0.05) is 0 Å². The van der Waals surface area contributed by atoms with E-state index in [2.05, 4.69) is 17.3 Å². The van der Waals surface area contributed by atoms with Crippen LogP contribution in [0.5, 0.6) is 0 Å². The summed E-state index contributed by atoms with van der Waals surface area (Å²) in [6.45, 7) is 3.89. The first-order chi connectivity index (χ1) is 9.74. The van der Waals surface area contributed by atoms with Crippen molar-refractivity contribution in [3.8, 4) is 0 Å². The number of anilines is 1. The second-order valence-corrected chi connectivity index (χ2v) is 6.89. The second-order valence-electron chi connectivity index (χ2n) is 5.67. The fourth-order valence-corrected chi connectivity index (χ4v) is 3.46. The number of carbonyl (C=O) groups is 1. The highest BCUT2D eigenvalue weighted by Gasteiger charge is 2.29. The Kier molecular flexibility index (Phi) is 4.19. The van der Waals surface area contributed by atoms with Gasteiger partial charge in [-0.25, -0.2) is 4.79 Å². The van der Waals surface area contributed by atoms with Crippen LogP contribution >= 0.6 is 11.8 Å². The molecule has 1 saturated heterocycles. The maximum atomic E-state index is 12.2. The Hall–Kier alpha value is -1.17. The summed E-state index contributed by atoms with van der Waals surface area (Å²) in [5.74, 6) is 2.95. The van der Waals surface area contributed by atoms with Crippen LogP contribution in [0.4, 0.5) is 10.5 Å². The van der Waals surface area contributed by atoms with Gasteiger partial charge in [0.1, 0.15) is 0 Å². The molecule has 1 atom stereocenters. The molecule has 0 unspecified atom stereocenters. The zero-order valence-corrected chi connectivity index (χ0v) is 12.7. The zero-order chi connectivity index (χ0) is 13.9. The molecule has 2 fully saturated rings. The van der Waals surface area contributed by atoms with Crippen molar-refractivity contribution in [3.63, 3.8) is 0 Å². The van der Waals surface area contributed by atoms with E-state index in [9.17, 15) is 4.79 Å². The number of amides is 2. The number of nitrogens with one attached hydrogen (secondary N) is 1. The number of aromatic nitrogens is 2. The third kappa shape index (κ3) is 3.29. The van der Waals surface area contributed by atoms with Crippen LogP contribution in [-0.4, -0.2) is 45.3 Å². The van der Waals surface area contributed by atoms with E-state index >= 15 is 0 Å². The molecular weight excluding hydrogens is 272 g/mol. The molecule has 3 rings (SSSR count). The van der Waals surface area contributed by atoms with Crippen LogP contribution in [0.1, 0.15) is 32.2 Å². The fraction of sp³-hybridized carbons (Fsp3) is 0.714. The van der Waals surface area contributed by atoms with Crippen molar-refractivity contribution in [2.75, 3.05) is 29.9 Å². The lowest BCUT2D eigenvalue weighted by molar-refractivity contribution is 0.216. The highest BCUT2D eigenvalue weighted by atomic mass is 32.2. The summed E-state index contributed by atoms with van der Waals surface area (Å²) in [7, 11) is 0. The molecule has 1 N–H and O–H groups in total. The first-order valence-corrected chi connectivity index (χ1v) is 8.57. The molecule has 5 nitrogen and oxygen atoms in total. The molecule has 1 aromatic heterocycles. The Labute approximate surface area is 124 Å². The summed E-state index contributed by atoms with van der Waals surface area (Å²) < 4.78 is 1.98. The van der Waals surface area contributed by atoms with Crippen molar-refractivity contribution >= 4 is 23.5 Å². The lowest BCUT2D eigenvalue weighted by atomic mass is 10.2. The molecule has 2 aliphatic rings. The van der Waals surface area contributed by atoms with Gasteiger partial charge in [0, 0.05) is 25.0 Å². The van der Waals surface area contributed by atoms with Crippen molar-refractivity contribution in [2.24, 2.45) is 5.92 Å². The maximum Gasteiger partial charge on any atom is 0.321 e. The Morgan fingerprint density at radius 3 is 3.10 bits per heavy atom. The van der Waals surface area contributed by atoms with Crippen molar-refractivity contribution < 1.29 is 4.79 Å². The minimum atomic E-state index is 0.00567. The van der Waals surface area contributed by atoms with Gasteiger partial charge in [-0.15, -0.1) is 0 Å². The monoisotopic (exact) mass is 294 g/mol. The van der Waals surface area contributed by atoms with Crippen LogP contribution in [0.3, 0.4) is 0 Å². The molecule has 110 valence electrons. The van der Waals surface area contributed by atoms with Crippen molar-refractivity contribution in [1.82, 2.24) is 14.7 Å². The van der Waals surface area contributed by atoms with E-state index in [1.807, 2.05) is 27.5 Å². The Balaban J connectivity index is 1.57. The number of rotatable bonds is 3. The largest absolute Gasteiger partial charge is 0.324 e. The lowest BCUT2D eigenvalue weighted by Crippen LogP contribution is -2.36. The molecule has 1 aliphatic carbocycles. The topological polar surface area (TPSA) is 50.2 Å². The molecule has 1 saturated carbocycles. The van der Waals surface area contributed by atoms with Crippen LogP contribution in [0.2, 0.25) is 0 Å². The first-order valence-electron chi connectivity index (χ1n) is 7.42. The van der Waals surface area contributed by atoms with Gasteiger partial charge in [0.15, 0.2) is 0 Å². The number of nitrogens with zero attached hydrogens (tertiary/aromatic N) is 3. The van der Waals surface area contributed by atoms with E-state index in [0.717, 1.165) is 42.6 Å². The molecular formula is C14H22N4OS. The van der Waals surface area contributed by atoms with E-state index < -0.39 is 0 Å². The highest BCUT2D eigenvalue weighted by molar-refractivity contribution is 7.99. The lowest BCUT2D eigenvalue weighted by Gasteiger charge is -2.19. The van der Waals surface area contributed by atoms with Gasteiger partial charge in [0.25, 0.3) is 0 Å². The summed E-state index contributed by atoms with van der Waals surface area (Å²) in [6.07, 6.45) is 7.38. The van der Waals surface area contributed by atoms with Gasteiger partial charge >= 0.3 is 6.03 Å². The molecule has 2 amide bonds. The van der Waals surface area contributed by atoms with E-state index in [0.29, 0.717) is 6.04 Å². The second kappa shape index (κ2) is 6.08. The number of thioether (sulfide) groups is 1. The normalized spacial score (nSPS) is 21.4. The molecule has 0 aromatic carbocycles. The fourth-order valence-electron chi connectivity index (χ4n) is 2.57. The highest BCUT2D eigenvalue weighted by Crippen LogP contribution is 2.39. The minimum absolute atomic E-state index is 0.00567. The number of carbonyl (C=O) groups excluding carboxylic acids is 1. The van der Waals surface area contributed by atoms with Gasteiger partial charge in [-0.3, -0.25) is 4.68 Å². The van der Waals surface area contributed by atoms with E-state index in [4.69, 9.17) is 0 Å². The standard InChI is InChI=1S/C14H22N4OS/c1-11(12-3-4-12)18-10-13(9-15-18)16-14(19)17-5-2-7-20-8-6-17/h9-12H,2-8H2,1H3,(H,16,19)/t11-/m0/s1. The minimum Gasteiger partial charge on any atom is -0.324 e. The van der Waals surface area contributed by atoms with Crippen molar-refractivity contribution in [3.05, 3.63) is 12.4 Å². The molecule has 1 aliphatic heterocycles. The Morgan fingerprint density at radius 1 is 1.45 bits per heavy atom. The van der Waals surface area contributed by atoms with Crippen molar-refractivity contribution in [2.45, 2.75) is 32.2 Å². The molecule has 0 radical (unpaired) electrons. The maximum absolute atomic E-state index is 12.2. The molecule has 0 spiro atoms. The Morgan fingerprint density at radius 2 is 2.30 bits per heavy atom. The van der Waals surface area contributed by atoms with Gasteiger partial charge in [-0.05, 0) is 37.9 Å². The van der Waals surface area contributed by atoms with Crippen LogP contribution in [-0.2, 0) is 0 Å². The average Bonchev–Trinajstić information content (AvgIpc) is 3.23. The van der Waals surface area contributed by atoms with Gasteiger partial charge in [0.2, 0.25) is 0 Å². The predicted octanol–water partition coefficient (Wildman–Crippen LogP) is 2.82. The van der Waals surface area contributed by atoms with Gasteiger partial charge < -0.3 is 10.2 Å². The number of urea groups is 1. The van der Waals surface area contributed by atoms with Crippen LogP contribution in [0.15, 0.2) is 12.4 Å². The summed E-state index contributed by atoms with van der Waals surface area (Å²) in [6, 6.07) is 0.446. The van der Waals surface area contributed by atoms with Crippen LogP contribution in [0.25, 0.3) is 0 Å². The molecule has 2 heterocycles. The first kappa shape index (κ1) is 13.8. The van der Waals surface area contributed by atoms with Gasteiger partial charge in [0.05, 0.1) is 17.9 Å². The van der Waals surface area contributed by atoms with E-state index in [1.165, 1.54) is 12.8 Å². The smallest absolute Gasteiger partial charge is 0.321 e. The number of hydrogen-bond acceptors (Lipinski definition) is 3. The molecule has 1 aromatic rings. The zero-order valence-electron chi connectivity index (χ0n) is 11.9. The summed E-state index contributed by atoms with van der Waals surface area (Å²) in [5, 5.41) is 7.34. The van der Waals surface area contributed by atoms with E-state index in [1.54, 1.807) is 6.20 Å². The third-order valence-corrected chi connectivity index (χ3v) is 5.13. The van der Waals surface area contributed by atoms with Crippen LogP contribution in [0, 0.1) is 5.92 Å². The average molecular weight is 294 g/mol. The van der Waals surface area contributed by atoms with Gasteiger partial charge in [-0.2, -0.15) is 16.9 Å². The summed E-state index contributed by atoms with van der Waals surface area (Å²) in [5.41, 5.74) is 0.805. The molecule has 0 bridgehead atoms.